The minimum Gasteiger partial charge on any atom is -0.354 e. The van der Waals surface area contributed by atoms with Crippen LogP contribution in [0.15, 0.2) is 17.5 Å². The van der Waals surface area contributed by atoms with Crippen molar-refractivity contribution in [3.8, 4) is 0 Å². The van der Waals surface area contributed by atoms with E-state index in [4.69, 9.17) is 0 Å². The molecular formula is C15H25N3OS. The Morgan fingerprint density at radius 3 is 2.75 bits per heavy atom. The number of hydrogen-bond acceptors (Lipinski definition) is 4. The van der Waals surface area contributed by atoms with E-state index >= 15 is 0 Å². The van der Waals surface area contributed by atoms with Gasteiger partial charge in [-0.15, -0.1) is 11.3 Å². The fourth-order valence-corrected chi connectivity index (χ4v) is 3.58. The third-order valence-electron chi connectivity index (χ3n) is 3.88. The Hall–Kier alpha value is -0.910. The van der Waals surface area contributed by atoms with Crippen LogP contribution in [0, 0.1) is 5.92 Å². The fourth-order valence-electron chi connectivity index (χ4n) is 2.71. The number of thiophene rings is 1. The van der Waals surface area contributed by atoms with Crippen LogP contribution in [0.2, 0.25) is 0 Å². The Kier molecular flexibility index (Phi) is 6.01. The second-order valence-electron chi connectivity index (χ2n) is 5.48. The van der Waals surface area contributed by atoms with Gasteiger partial charge in [0, 0.05) is 23.9 Å². The van der Waals surface area contributed by atoms with E-state index in [-0.39, 0.29) is 11.8 Å². The van der Waals surface area contributed by atoms with Crippen LogP contribution in [0.1, 0.15) is 30.7 Å². The lowest BCUT2D eigenvalue weighted by molar-refractivity contribution is -0.124. The summed E-state index contributed by atoms with van der Waals surface area (Å²) in [5.74, 6) is 0.155. The van der Waals surface area contributed by atoms with Crippen molar-refractivity contribution in [3.05, 3.63) is 22.4 Å². The van der Waals surface area contributed by atoms with Gasteiger partial charge >= 0.3 is 0 Å². The van der Waals surface area contributed by atoms with Crippen molar-refractivity contribution < 1.29 is 4.79 Å². The Labute approximate surface area is 125 Å². The summed E-state index contributed by atoms with van der Waals surface area (Å²) in [5.41, 5.74) is 0. The summed E-state index contributed by atoms with van der Waals surface area (Å²) in [6.45, 7) is 5.68. The first kappa shape index (κ1) is 15.5. The van der Waals surface area contributed by atoms with Crippen molar-refractivity contribution in [2.75, 3.05) is 33.2 Å². The molecule has 1 aliphatic rings. The molecule has 1 aromatic rings. The summed E-state index contributed by atoms with van der Waals surface area (Å²) in [7, 11) is 1.88. The number of carbonyl (C=O) groups is 1. The van der Waals surface area contributed by atoms with E-state index in [1.165, 1.54) is 17.7 Å². The number of carbonyl (C=O) groups excluding carboxylic acids is 1. The molecule has 0 spiro atoms. The van der Waals surface area contributed by atoms with Gasteiger partial charge in [0.1, 0.15) is 0 Å². The van der Waals surface area contributed by atoms with Crippen molar-refractivity contribution in [2.24, 2.45) is 5.92 Å². The quantitative estimate of drug-likeness (QED) is 0.807. The zero-order chi connectivity index (χ0) is 14.4. The van der Waals surface area contributed by atoms with Crippen molar-refractivity contribution in [2.45, 2.75) is 25.8 Å². The van der Waals surface area contributed by atoms with Crippen LogP contribution in [0.5, 0.6) is 0 Å². The van der Waals surface area contributed by atoms with Crippen LogP contribution in [0.4, 0.5) is 0 Å². The minimum absolute atomic E-state index is 0.0163. The molecule has 2 unspecified atom stereocenters. The van der Waals surface area contributed by atoms with Gasteiger partial charge in [-0.3, -0.25) is 9.69 Å². The fraction of sp³-hybridized carbons (Fsp3) is 0.667. The third-order valence-corrected chi connectivity index (χ3v) is 4.85. The number of nitrogens with zero attached hydrogens (tertiary/aromatic N) is 1. The minimum atomic E-state index is 0.0163. The topological polar surface area (TPSA) is 44.4 Å². The molecule has 4 nitrogen and oxygen atoms in total. The van der Waals surface area contributed by atoms with E-state index in [0.717, 1.165) is 19.6 Å². The lowest BCUT2D eigenvalue weighted by Crippen LogP contribution is -2.40. The molecule has 20 heavy (non-hydrogen) atoms. The zero-order valence-corrected chi connectivity index (χ0v) is 13.2. The monoisotopic (exact) mass is 295 g/mol. The van der Waals surface area contributed by atoms with Crippen LogP contribution in [-0.2, 0) is 4.79 Å². The normalized spacial score (nSPS) is 18.9. The van der Waals surface area contributed by atoms with Gasteiger partial charge in [-0.25, -0.2) is 0 Å². The molecule has 0 bridgehead atoms. The number of amides is 1. The second-order valence-corrected chi connectivity index (χ2v) is 6.46. The molecular weight excluding hydrogens is 270 g/mol. The standard InChI is InChI=1S/C15H25N3OS/c1-12(10-16-2)15(19)17-11-13(14-6-5-9-20-14)18-7-3-4-8-18/h5-6,9,12-13,16H,3-4,7-8,10-11H2,1-2H3,(H,17,19). The largest absolute Gasteiger partial charge is 0.354 e. The summed E-state index contributed by atoms with van der Waals surface area (Å²) in [5, 5.41) is 8.28. The van der Waals surface area contributed by atoms with E-state index in [1.807, 2.05) is 14.0 Å². The molecule has 0 aliphatic carbocycles. The van der Waals surface area contributed by atoms with Gasteiger partial charge in [0.2, 0.25) is 5.91 Å². The van der Waals surface area contributed by atoms with Crippen LogP contribution < -0.4 is 10.6 Å². The molecule has 1 amide bonds. The number of rotatable bonds is 7. The maximum Gasteiger partial charge on any atom is 0.224 e. The lowest BCUT2D eigenvalue weighted by atomic mass is 10.1. The van der Waals surface area contributed by atoms with Crippen LogP contribution in [0.25, 0.3) is 0 Å². The predicted molar refractivity (Wildman–Crippen MR) is 84.0 cm³/mol. The predicted octanol–water partition coefficient (Wildman–Crippen LogP) is 1.86. The summed E-state index contributed by atoms with van der Waals surface area (Å²) < 4.78 is 0. The molecule has 2 rings (SSSR count). The van der Waals surface area contributed by atoms with Crippen molar-refractivity contribution >= 4 is 17.2 Å². The van der Waals surface area contributed by atoms with E-state index < -0.39 is 0 Å². The molecule has 0 saturated carbocycles. The molecule has 1 aromatic heterocycles. The molecule has 2 N–H and O–H groups in total. The summed E-state index contributed by atoms with van der Waals surface area (Å²) >= 11 is 1.78. The second kappa shape index (κ2) is 7.76. The highest BCUT2D eigenvalue weighted by molar-refractivity contribution is 7.10. The first-order chi connectivity index (χ1) is 9.72. The third kappa shape index (κ3) is 4.04. The zero-order valence-electron chi connectivity index (χ0n) is 12.4. The molecule has 5 heteroatoms. The van der Waals surface area contributed by atoms with Crippen molar-refractivity contribution in [3.63, 3.8) is 0 Å². The molecule has 112 valence electrons. The molecule has 1 saturated heterocycles. The molecule has 2 heterocycles. The smallest absolute Gasteiger partial charge is 0.224 e. The summed E-state index contributed by atoms with van der Waals surface area (Å²) in [6, 6.07) is 4.61. The van der Waals surface area contributed by atoms with Gasteiger partial charge in [-0.1, -0.05) is 13.0 Å². The summed E-state index contributed by atoms with van der Waals surface area (Å²) in [6.07, 6.45) is 2.54. The number of likely N-dealkylation sites (tertiary alicyclic amines) is 1. The molecule has 0 radical (unpaired) electrons. The molecule has 0 aromatic carbocycles. The van der Waals surface area contributed by atoms with Gasteiger partial charge in [0.15, 0.2) is 0 Å². The van der Waals surface area contributed by atoms with Crippen molar-refractivity contribution in [1.29, 1.82) is 0 Å². The van der Waals surface area contributed by atoms with E-state index in [0.29, 0.717) is 12.6 Å². The average molecular weight is 295 g/mol. The Bertz CT molecular complexity index is 401. The van der Waals surface area contributed by atoms with Crippen LogP contribution in [-0.4, -0.2) is 44.0 Å². The van der Waals surface area contributed by atoms with Gasteiger partial charge in [0.05, 0.1) is 6.04 Å². The first-order valence-corrected chi connectivity index (χ1v) is 8.30. The van der Waals surface area contributed by atoms with Crippen LogP contribution in [0.3, 0.4) is 0 Å². The number of hydrogen-bond donors (Lipinski definition) is 2. The molecule has 1 fully saturated rings. The maximum atomic E-state index is 12.1. The van der Waals surface area contributed by atoms with E-state index in [2.05, 4.69) is 33.0 Å². The Balaban J connectivity index is 1.93. The van der Waals surface area contributed by atoms with Gasteiger partial charge < -0.3 is 10.6 Å². The highest BCUT2D eigenvalue weighted by atomic mass is 32.1. The highest BCUT2D eigenvalue weighted by Gasteiger charge is 2.25. The Morgan fingerprint density at radius 2 is 2.15 bits per heavy atom. The average Bonchev–Trinajstić information content (AvgIpc) is 3.12. The molecule has 2 atom stereocenters. The first-order valence-electron chi connectivity index (χ1n) is 7.42. The lowest BCUT2D eigenvalue weighted by Gasteiger charge is -2.27. The van der Waals surface area contributed by atoms with E-state index in [9.17, 15) is 4.79 Å². The maximum absolute atomic E-state index is 12.1. The van der Waals surface area contributed by atoms with Crippen molar-refractivity contribution in [1.82, 2.24) is 15.5 Å². The number of nitrogens with one attached hydrogen (secondary N) is 2. The summed E-state index contributed by atoms with van der Waals surface area (Å²) in [4.78, 5) is 15.9. The molecule has 1 aliphatic heterocycles. The van der Waals surface area contributed by atoms with Gasteiger partial charge in [-0.2, -0.15) is 0 Å². The van der Waals surface area contributed by atoms with E-state index in [1.54, 1.807) is 11.3 Å². The van der Waals surface area contributed by atoms with Gasteiger partial charge in [-0.05, 0) is 44.4 Å². The SMILES string of the molecule is CNCC(C)C(=O)NCC(c1cccs1)N1CCCC1. The van der Waals surface area contributed by atoms with Crippen LogP contribution >= 0.6 is 11.3 Å². The Morgan fingerprint density at radius 1 is 1.40 bits per heavy atom. The highest BCUT2D eigenvalue weighted by Crippen LogP contribution is 2.27. The van der Waals surface area contributed by atoms with Gasteiger partial charge in [0.25, 0.3) is 0 Å².